The zero-order valence-electron chi connectivity index (χ0n) is 6.52. The summed E-state index contributed by atoms with van der Waals surface area (Å²) in [5.41, 5.74) is 0. The fraction of sp³-hybridized carbons (Fsp3) is 0.667. The molecule has 12 heavy (non-hydrogen) atoms. The van der Waals surface area contributed by atoms with Gasteiger partial charge in [-0.25, -0.2) is 9.59 Å². The van der Waals surface area contributed by atoms with Crippen LogP contribution in [0.4, 0.5) is 4.79 Å². The molecule has 6 heteroatoms. The maximum absolute atomic E-state index is 10.0. The molecule has 6 nitrogen and oxygen atoms in total. The molecule has 1 unspecified atom stereocenters. The molecule has 1 saturated heterocycles. The van der Waals surface area contributed by atoms with Crippen LogP contribution in [0.15, 0.2) is 0 Å². The van der Waals surface area contributed by atoms with Crippen LogP contribution in [0.25, 0.3) is 0 Å². The highest BCUT2D eigenvalue weighted by atomic mass is 16.8. The van der Waals surface area contributed by atoms with Gasteiger partial charge >= 0.3 is 12.1 Å². The zero-order valence-corrected chi connectivity index (χ0v) is 6.52. The average molecular weight is 178 g/mol. The van der Waals surface area contributed by atoms with Crippen molar-refractivity contribution in [2.24, 2.45) is 0 Å². The van der Waals surface area contributed by atoms with Gasteiger partial charge in [0.2, 0.25) is 0 Å². The van der Waals surface area contributed by atoms with E-state index in [-0.39, 0.29) is 6.10 Å². The molecule has 1 fully saturated rings. The van der Waals surface area contributed by atoms with Crippen LogP contribution in [0.5, 0.6) is 0 Å². The van der Waals surface area contributed by atoms with E-state index in [1.807, 2.05) is 0 Å². The number of aliphatic hydroxyl groups is 1. The van der Waals surface area contributed by atoms with E-state index in [2.05, 4.69) is 9.47 Å². The van der Waals surface area contributed by atoms with Gasteiger partial charge in [-0.1, -0.05) is 0 Å². The molecule has 1 aliphatic rings. The first-order valence-electron chi connectivity index (χ1n) is 3.22. The molecular formula is C6H10O6. The van der Waals surface area contributed by atoms with Crippen LogP contribution < -0.4 is 0 Å². The minimum Gasteiger partial charge on any atom is -0.480 e. The summed E-state index contributed by atoms with van der Waals surface area (Å²) in [4.78, 5) is 19.1. The molecule has 0 aromatic heterocycles. The fourth-order valence-electron chi connectivity index (χ4n) is 0.418. The molecule has 0 aliphatic carbocycles. The van der Waals surface area contributed by atoms with E-state index in [0.717, 1.165) is 0 Å². The van der Waals surface area contributed by atoms with Crippen molar-refractivity contribution in [1.82, 2.24) is 0 Å². The Morgan fingerprint density at radius 2 is 2.25 bits per heavy atom. The molecule has 1 atom stereocenters. The number of cyclic esters (lactones) is 2. The molecule has 0 aromatic carbocycles. The minimum absolute atomic E-state index is 0.0486. The summed E-state index contributed by atoms with van der Waals surface area (Å²) < 4.78 is 8.90. The smallest absolute Gasteiger partial charge is 0.480 e. The molecule has 1 aliphatic heterocycles. The van der Waals surface area contributed by atoms with Crippen LogP contribution in [-0.4, -0.2) is 41.7 Å². The number of ether oxygens (including phenoxy) is 2. The Balaban J connectivity index is 0.000000217. The standard InChI is InChI=1S/C4H6O3.C2H4O3/c1-3-2-6-4(5)7-3;3-1-2(4)5/h3H,2H2,1H3;3H,1H2,(H,4,5). The molecule has 0 saturated carbocycles. The topological polar surface area (TPSA) is 93.1 Å². The van der Waals surface area contributed by atoms with Crippen molar-refractivity contribution in [3.05, 3.63) is 0 Å². The number of carbonyl (C=O) groups is 2. The molecule has 1 rings (SSSR count). The fourth-order valence-corrected chi connectivity index (χ4v) is 0.418. The van der Waals surface area contributed by atoms with Crippen molar-refractivity contribution in [3.63, 3.8) is 0 Å². The Morgan fingerprint density at radius 1 is 1.75 bits per heavy atom. The van der Waals surface area contributed by atoms with E-state index in [1.165, 1.54) is 0 Å². The Bertz CT molecular complexity index is 165. The van der Waals surface area contributed by atoms with Crippen LogP contribution in [0.2, 0.25) is 0 Å². The molecule has 0 spiro atoms. The van der Waals surface area contributed by atoms with Gasteiger partial charge in [0.1, 0.15) is 19.3 Å². The second-order valence-corrected chi connectivity index (χ2v) is 2.04. The summed E-state index contributed by atoms with van der Waals surface area (Å²) in [6, 6.07) is 0. The quantitative estimate of drug-likeness (QED) is 0.531. The Kier molecular flexibility index (Phi) is 4.78. The lowest BCUT2D eigenvalue weighted by Crippen LogP contribution is -2.01. The summed E-state index contributed by atoms with van der Waals surface area (Å²) in [6.07, 6.45) is -0.597. The molecule has 2 N–H and O–H groups in total. The highest BCUT2D eigenvalue weighted by Gasteiger charge is 2.19. The second kappa shape index (κ2) is 5.36. The molecule has 0 bridgehead atoms. The Labute approximate surface area is 68.7 Å². The number of carboxylic acids is 1. The van der Waals surface area contributed by atoms with Crippen molar-refractivity contribution in [2.45, 2.75) is 13.0 Å². The van der Waals surface area contributed by atoms with Gasteiger partial charge in [0.15, 0.2) is 0 Å². The summed E-state index contributed by atoms with van der Waals surface area (Å²) >= 11 is 0. The number of hydrogen-bond acceptors (Lipinski definition) is 5. The normalized spacial score (nSPS) is 20.2. The van der Waals surface area contributed by atoms with Crippen molar-refractivity contribution in [2.75, 3.05) is 13.2 Å². The van der Waals surface area contributed by atoms with Crippen LogP contribution in [0, 0.1) is 0 Å². The van der Waals surface area contributed by atoms with Crippen LogP contribution in [0.3, 0.4) is 0 Å². The summed E-state index contributed by atoms with van der Waals surface area (Å²) in [5.74, 6) is -1.19. The number of aliphatic carboxylic acids is 1. The van der Waals surface area contributed by atoms with Crippen LogP contribution in [-0.2, 0) is 14.3 Å². The Morgan fingerprint density at radius 3 is 2.33 bits per heavy atom. The SMILES string of the molecule is CC1COC(=O)O1.O=C(O)CO. The van der Waals surface area contributed by atoms with Crippen molar-refractivity contribution in [1.29, 1.82) is 0 Å². The van der Waals surface area contributed by atoms with Crippen molar-refractivity contribution < 1.29 is 29.3 Å². The zero-order chi connectivity index (χ0) is 9.56. The molecule has 70 valence electrons. The first-order chi connectivity index (χ1) is 5.56. The first-order valence-corrected chi connectivity index (χ1v) is 3.22. The highest BCUT2D eigenvalue weighted by molar-refractivity contribution is 5.67. The molecule has 0 radical (unpaired) electrons. The van der Waals surface area contributed by atoms with E-state index in [0.29, 0.717) is 6.61 Å². The number of rotatable bonds is 1. The molecule has 0 aromatic rings. The van der Waals surface area contributed by atoms with Gasteiger partial charge in [0.05, 0.1) is 0 Å². The van der Waals surface area contributed by atoms with Gasteiger partial charge in [-0.05, 0) is 6.92 Å². The van der Waals surface area contributed by atoms with Gasteiger partial charge in [0, 0.05) is 0 Å². The summed E-state index contributed by atoms with van der Waals surface area (Å²) in [6.45, 7) is 1.41. The van der Waals surface area contributed by atoms with Gasteiger partial charge in [-0.15, -0.1) is 0 Å². The number of hydrogen-bond donors (Lipinski definition) is 2. The lowest BCUT2D eigenvalue weighted by Gasteiger charge is -1.90. The minimum atomic E-state index is -1.19. The number of aliphatic hydroxyl groups excluding tert-OH is 1. The maximum Gasteiger partial charge on any atom is 0.508 e. The van der Waals surface area contributed by atoms with E-state index in [1.54, 1.807) is 6.92 Å². The third kappa shape index (κ3) is 5.48. The van der Waals surface area contributed by atoms with E-state index in [4.69, 9.17) is 15.0 Å². The first kappa shape index (κ1) is 10.7. The second-order valence-electron chi connectivity index (χ2n) is 2.04. The van der Waals surface area contributed by atoms with Crippen molar-refractivity contribution >= 4 is 12.1 Å². The lowest BCUT2D eigenvalue weighted by molar-refractivity contribution is -0.140. The average Bonchev–Trinajstić information content (AvgIpc) is 2.36. The van der Waals surface area contributed by atoms with Gasteiger partial charge < -0.3 is 19.7 Å². The van der Waals surface area contributed by atoms with E-state index < -0.39 is 18.7 Å². The largest absolute Gasteiger partial charge is 0.508 e. The van der Waals surface area contributed by atoms with Gasteiger partial charge in [-0.3, -0.25) is 0 Å². The maximum atomic E-state index is 10.0. The Hall–Kier alpha value is -1.30. The predicted octanol–water partition coefficient (Wildman–Crippen LogP) is -0.395. The third-order valence-electron chi connectivity index (χ3n) is 0.869. The van der Waals surface area contributed by atoms with E-state index in [9.17, 15) is 4.79 Å². The summed E-state index contributed by atoms with van der Waals surface area (Å²) in [7, 11) is 0. The number of carbonyl (C=O) groups excluding carboxylic acids is 1. The monoisotopic (exact) mass is 178 g/mol. The van der Waals surface area contributed by atoms with Crippen LogP contribution >= 0.6 is 0 Å². The molecular weight excluding hydrogens is 168 g/mol. The molecule has 0 amide bonds. The van der Waals surface area contributed by atoms with E-state index >= 15 is 0 Å². The lowest BCUT2D eigenvalue weighted by atomic mass is 10.5. The highest BCUT2D eigenvalue weighted by Crippen LogP contribution is 2.02. The third-order valence-corrected chi connectivity index (χ3v) is 0.869. The molecule has 1 heterocycles. The van der Waals surface area contributed by atoms with Gasteiger partial charge in [0.25, 0.3) is 0 Å². The van der Waals surface area contributed by atoms with Crippen molar-refractivity contribution in [3.8, 4) is 0 Å². The predicted molar refractivity (Wildman–Crippen MR) is 36.6 cm³/mol. The summed E-state index contributed by atoms with van der Waals surface area (Å²) in [5, 5.41) is 15.0. The van der Waals surface area contributed by atoms with Crippen LogP contribution in [0.1, 0.15) is 6.92 Å². The van der Waals surface area contributed by atoms with Gasteiger partial charge in [-0.2, -0.15) is 0 Å². The number of carboxylic acid groups (broad SMARTS) is 1.